The van der Waals surface area contributed by atoms with Crippen molar-refractivity contribution in [2.75, 3.05) is 14.2 Å². The van der Waals surface area contributed by atoms with E-state index in [-0.39, 0.29) is 30.3 Å². The lowest BCUT2D eigenvalue weighted by Crippen LogP contribution is -2.34. The van der Waals surface area contributed by atoms with Crippen LogP contribution in [0.15, 0.2) is 53.5 Å². The molecule has 0 saturated carbocycles. The number of nitrogens with zero attached hydrogens (tertiary/aromatic N) is 3. The number of fused-ring (bicyclic) bond motifs is 1. The number of carbonyl (C=O) groups excluding carboxylic acids is 1. The fraction of sp³-hybridized carbons (Fsp3) is 0.211. The molecule has 0 aliphatic rings. The molecule has 0 aliphatic heterocycles. The van der Waals surface area contributed by atoms with Gasteiger partial charge in [-0.3, -0.25) is 9.59 Å². The van der Waals surface area contributed by atoms with E-state index in [9.17, 15) is 14.0 Å². The molecule has 3 rings (SSSR count). The minimum absolute atomic E-state index is 0.148. The highest BCUT2D eigenvalue weighted by atomic mass is 19.1. The molecule has 0 bridgehead atoms. The topological polar surface area (TPSA) is 64.4 Å². The van der Waals surface area contributed by atoms with E-state index in [2.05, 4.69) is 5.10 Å². The van der Waals surface area contributed by atoms with Gasteiger partial charge in [0, 0.05) is 19.0 Å². The Kier molecular flexibility index (Phi) is 4.97. The van der Waals surface area contributed by atoms with Crippen LogP contribution in [0.4, 0.5) is 4.39 Å². The maximum absolute atomic E-state index is 13.8. The Morgan fingerprint density at radius 1 is 1.27 bits per heavy atom. The van der Waals surface area contributed by atoms with Gasteiger partial charge in [0.25, 0.3) is 5.56 Å². The molecular formula is C19H18FN3O3. The number of amides is 1. The molecule has 0 N–H and O–H groups in total. The predicted octanol–water partition coefficient (Wildman–Crippen LogP) is 2.20. The van der Waals surface area contributed by atoms with Gasteiger partial charge in [0.2, 0.25) is 5.91 Å². The first kappa shape index (κ1) is 17.6. The number of carbonyl (C=O) groups is 1. The van der Waals surface area contributed by atoms with E-state index in [1.54, 1.807) is 37.5 Å². The molecule has 134 valence electrons. The molecule has 1 aromatic heterocycles. The summed E-state index contributed by atoms with van der Waals surface area (Å²) in [4.78, 5) is 26.3. The molecule has 0 fully saturated rings. The van der Waals surface area contributed by atoms with Gasteiger partial charge in [0.15, 0.2) is 11.6 Å². The van der Waals surface area contributed by atoms with Crippen molar-refractivity contribution in [3.63, 3.8) is 0 Å². The zero-order valence-electron chi connectivity index (χ0n) is 14.5. The molecule has 0 spiro atoms. The monoisotopic (exact) mass is 355 g/mol. The summed E-state index contributed by atoms with van der Waals surface area (Å²) in [6.07, 6.45) is 1.56. The third kappa shape index (κ3) is 3.56. The van der Waals surface area contributed by atoms with Crippen LogP contribution in [0.25, 0.3) is 10.8 Å². The predicted molar refractivity (Wildman–Crippen MR) is 95.4 cm³/mol. The summed E-state index contributed by atoms with van der Waals surface area (Å²) in [5.74, 6) is -0.640. The van der Waals surface area contributed by atoms with E-state index in [4.69, 9.17) is 4.74 Å². The zero-order valence-corrected chi connectivity index (χ0v) is 14.5. The van der Waals surface area contributed by atoms with Crippen molar-refractivity contribution in [3.8, 4) is 5.75 Å². The summed E-state index contributed by atoms with van der Waals surface area (Å²) in [5.41, 5.74) is 0.304. The van der Waals surface area contributed by atoms with Crippen LogP contribution >= 0.6 is 0 Å². The Hall–Kier alpha value is -3.22. The number of benzene rings is 2. The average Bonchev–Trinajstić information content (AvgIpc) is 2.64. The summed E-state index contributed by atoms with van der Waals surface area (Å²) in [5, 5.41) is 5.29. The first-order valence-corrected chi connectivity index (χ1v) is 8.01. The van der Waals surface area contributed by atoms with Crippen molar-refractivity contribution in [1.29, 1.82) is 0 Å². The van der Waals surface area contributed by atoms with E-state index in [0.717, 1.165) is 10.1 Å². The maximum Gasteiger partial charge on any atom is 0.275 e. The first-order valence-electron chi connectivity index (χ1n) is 8.01. The van der Waals surface area contributed by atoms with Crippen molar-refractivity contribution in [3.05, 3.63) is 70.4 Å². The molecule has 0 aliphatic carbocycles. The maximum atomic E-state index is 13.8. The third-order valence-electron chi connectivity index (χ3n) is 4.11. The Labute approximate surface area is 149 Å². The van der Waals surface area contributed by atoms with Crippen LogP contribution in [0.3, 0.4) is 0 Å². The Morgan fingerprint density at radius 2 is 2.04 bits per heavy atom. The number of halogens is 1. The molecule has 2 aromatic carbocycles. The number of ether oxygens (including phenoxy) is 1. The van der Waals surface area contributed by atoms with Gasteiger partial charge in [-0.05, 0) is 23.8 Å². The number of rotatable bonds is 5. The van der Waals surface area contributed by atoms with Crippen molar-refractivity contribution < 1.29 is 13.9 Å². The molecule has 0 saturated heterocycles. The second kappa shape index (κ2) is 7.35. The SMILES string of the molecule is COc1ccc(CN(C)C(=O)Cn2ncc3ccccc3c2=O)cc1F. The quantitative estimate of drug-likeness (QED) is 0.704. The Balaban J connectivity index is 1.74. The van der Waals surface area contributed by atoms with E-state index in [1.807, 2.05) is 6.07 Å². The van der Waals surface area contributed by atoms with Gasteiger partial charge in [0.05, 0.1) is 18.7 Å². The molecule has 3 aromatic rings. The molecular weight excluding hydrogens is 337 g/mol. The minimum atomic E-state index is -0.488. The summed E-state index contributed by atoms with van der Waals surface area (Å²) in [6, 6.07) is 11.6. The zero-order chi connectivity index (χ0) is 18.7. The standard InChI is InChI=1S/C19H18FN3O3/c1-22(11-13-7-8-17(26-2)16(20)9-13)18(24)12-23-19(25)15-6-4-3-5-14(15)10-21-23/h3-10H,11-12H2,1-2H3. The normalized spacial score (nSPS) is 10.7. The largest absolute Gasteiger partial charge is 0.494 e. The van der Waals surface area contributed by atoms with Gasteiger partial charge in [-0.1, -0.05) is 24.3 Å². The molecule has 0 radical (unpaired) electrons. The highest BCUT2D eigenvalue weighted by molar-refractivity contribution is 5.81. The number of likely N-dealkylation sites (N-methyl/N-ethyl adjacent to an activating group) is 1. The first-order chi connectivity index (χ1) is 12.5. The van der Waals surface area contributed by atoms with Gasteiger partial charge >= 0.3 is 0 Å². The van der Waals surface area contributed by atoms with Crippen LogP contribution in [-0.4, -0.2) is 34.7 Å². The average molecular weight is 355 g/mol. The van der Waals surface area contributed by atoms with E-state index >= 15 is 0 Å². The van der Waals surface area contributed by atoms with Crippen LogP contribution in [-0.2, 0) is 17.9 Å². The summed E-state index contributed by atoms with van der Waals surface area (Å²) < 4.78 is 19.8. The van der Waals surface area contributed by atoms with Crippen LogP contribution in [0.2, 0.25) is 0 Å². The molecule has 0 unspecified atom stereocenters. The van der Waals surface area contributed by atoms with Crippen LogP contribution in [0, 0.1) is 5.82 Å². The Morgan fingerprint density at radius 3 is 2.77 bits per heavy atom. The fourth-order valence-electron chi connectivity index (χ4n) is 2.66. The van der Waals surface area contributed by atoms with Crippen molar-refractivity contribution in [2.24, 2.45) is 0 Å². The second-order valence-electron chi connectivity index (χ2n) is 5.91. The van der Waals surface area contributed by atoms with Crippen molar-refractivity contribution in [1.82, 2.24) is 14.7 Å². The molecule has 26 heavy (non-hydrogen) atoms. The fourth-order valence-corrected chi connectivity index (χ4v) is 2.66. The Bertz CT molecular complexity index is 1020. The number of hydrogen-bond acceptors (Lipinski definition) is 4. The molecule has 1 heterocycles. The van der Waals surface area contributed by atoms with Gasteiger partial charge in [0.1, 0.15) is 6.54 Å². The van der Waals surface area contributed by atoms with E-state index in [1.165, 1.54) is 24.1 Å². The van der Waals surface area contributed by atoms with Crippen molar-refractivity contribution in [2.45, 2.75) is 13.1 Å². The number of methoxy groups -OCH3 is 1. The van der Waals surface area contributed by atoms with Gasteiger partial charge in [-0.25, -0.2) is 9.07 Å². The molecule has 6 nitrogen and oxygen atoms in total. The highest BCUT2D eigenvalue weighted by Gasteiger charge is 2.14. The number of hydrogen-bond donors (Lipinski definition) is 0. The lowest BCUT2D eigenvalue weighted by molar-refractivity contribution is -0.131. The minimum Gasteiger partial charge on any atom is -0.494 e. The number of aromatic nitrogens is 2. The molecule has 0 atom stereocenters. The molecule has 7 heteroatoms. The van der Waals surface area contributed by atoms with Crippen LogP contribution in [0.5, 0.6) is 5.75 Å². The van der Waals surface area contributed by atoms with E-state index in [0.29, 0.717) is 10.9 Å². The van der Waals surface area contributed by atoms with Gasteiger partial charge < -0.3 is 9.64 Å². The summed E-state index contributed by atoms with van der Waals surface area (Å²) in [7, 11) is 2.98. The molecule has 1 amide bonds. The van der Waals surface area contributed by atoms with Gasteiger partial charge in [-0.2, -0.15) is 5.10 Å². The highest BCUT2D eigenvalue weighted by Crippen LogP contribution is 2.18. The van der Waals surface area contributed by atoms with Gasteiger partial charge in [-0.15, -0.1) is 0 Å². The summed E-state index contributed by atoms with van der Waals surface area (Å²) >= 11 is 0. The summed E-state index contributed by atoms with van der Waals surface area (Å²) in [6.45, 7) is 0.0287. The van der Waals surface area contributed by atoms with E-state index < -0.39 is 5.82 Å². The lowest BCUT2D eigenvalue weighted by Gasteiger charge is -2.18. The van der Waals surface area contributed by atoms with Crippen LogP contribution in [0.1, 0.15) is 5.56 Å². The third-order valence-corrected chi connectivity index (χ3v) is 4.11. The second-order valence-corrected chi connectivity index (χ2v) is 5.91. The smallest absolute Gasteiger partial charge is 0.275 e. The van der Waals surface area contributed by atoms with Crippen molar-refractivity contribution >= 4 is 16.7 Å². The van der Waals surface area contributed by atoms with Crippen LogP contribution < -0.4 is 10.3 Å². The lowest BCUT2D eigenvalue weighted by atomic mass is 10.2.